The molecule has 0 saturated carbocycles. The summed E-state index contributed by atoms with van der Waals surface area (Å²) in [6, 6.07) is 8.33. The average molecular weight is 406 g/mol. The number of nitrogens with one attached hydrogen (secondary N) is 1. The molecule has 1 atom stereocenters. The van der Waals surface area contributed by atoms with Crippen molar-refractivity contribution in [2.75, 3.05) is 13.2 Å². The van der Waals surface area contributed by atoms with Crippen LogP contribution in [0.2, 0.25) is 0 Å². The van der Waals surface area contributed by atoms with Gasteiger partial charge in [-0.25, -0.2) is 9.59 Å². The number of carboxylic acid groups (broad SMARTS) is 2. The summed E-state index contributed by atoms with van der Waals surface area (Å²) in [5, 5.41) is 33.0. The number of aliphatic hydroxyl groups is 1. The second kappa shape index (κ2) is 12.0. The quantitative estimate of drug-likeness (QED) is 0.404. The highest BCUT2D eigenvalue weighted by Crippen LogP contribution is 2.21. The number of hydrogen-bond acceptors (Lipinski definition) is 6. The molecule has 1 aromatic rings. The van der Waals surface area contributed by atoms with Crippen molar-refractivity contribution in [2.24, 2.45) is 5.16 Å². The molecule has 0 radical (unpaired) electrons. The standard InChI is InChI=1S/C17H26N2O2.C4H4O4/c1-17(2,3)18-11-14(20)12-21-19-16-10-6-8-13-7-4-5-9-15(13)16;5-3(6)1-2-4(7)8/h4-5,7,9,14,18,20H,6,8,10-12H2,1-3H3;1-2H,(H,5,6)(H,7,8)/b19-16+;2-1-. The lowest BCUT2D eigenvalue weighted by atomic mass is 9.90. The van der Waals surface area contributed by atoms with Gasteiger partial charge in [-0.2, -0.15) is 0 Å². The second-order valence-corrected chi connectivity index (χ2v) is 7.64. The number of carboxylic acids is 2. The normalized spacial score (nSPS) is 15.9. The van der Waals surface area contributed by atoms with E-state index in [1.54, 1.807) is 0 Å². The summed E-state index contributed by atoms with van der Waals surface area (Å²) in [5.41, 5.74) is 3.51. The molecule has 29 heavy (non-hydrogen) atoms. The molecule has 0 saturated heterocycles. The van der Waals surface area contributed by atoms with Crippen molar-refractivity contribution in [3.63, 3.8) is 0 Å². The number of hydrogen-bond donors (Lipinski definition) is 4. The fraction of sp³-hybridized carbons (Fsp3) is 0.476. The third-order valence-electron chi connectivity index (χ3n) is 3.87. The predicted octanol–water partition coefficient (Wildman–Crippen LogP) is 2.20. The van der Waals surface area contributed by atoms with E-state index in [0.717, 1.165) is 25.0 Å². The minimum Gasteiger partial charge on any atom is -0.478 e. The zero-order valence-electron chi connectivity index (χ0n) is 17.1. The summed E-state index contributed by atoms with van der Waals surface area (Å²) < 4.78 is 0. The number of benzene rings is 1. The van der Waals surface area contributed by atoms with Gasteiger partial charge in [-0.15, -0.1) is 0 Å². The maximum absolute atomic E-state index is 9.88. The minimum atomic E-state index is -1.26. The van der Waals surface area contributed by atoms with Crippen molar-refractivity contribution in [3.05, 3.63) is 47.5 Å². The first-order chi connectivity index (χ1) is 13.6. The van der Waals surface area contributed by atoms with E-state index in [9.17, 15) is 14.7 Å². The van der Waals surface area contributed by atoms with Gasteiger partial charge >= 0.3 is 11.9 Å². The number of nitrogens with zero attached hydrogens (tertiary/aromatic N) is 1. The summed E-state index contributed by atoms with van der Waals surface area (Å²) in [5.74, 6) is -2.51. The summed E-state index contributed by atoms with van der Waals surface area (Å²) >= 11 is 0. The Morgan fingerprint density at radius 2 is 1.79 bits per heavy atom. The van der Waals surface area contributed by atoms with Gasteiger partial charge in [0.05, 0.1) is 5.71 Å². The number of aryl methyl sites for hydroxylation is 1. The molecule has 1 aromatic carbocycles. The molecule has 8 nitrogen and oxygen atoms in total. The lowest BCUT2D eigenvalue weighted by Gasteiger charge is -2.22. The summed E-state index contributed by atoms with van der Waals surface area (Å²) in [7, 11) is 0. The molecule has 1 aliphatic rings. The SMILES string of the molecule is CC(C)(C)NCC(O)CO/N=C1\CCCc2ccccc21.O=C(O)/C=C\C(=O)O. The highest BCUT2D eigenvalue weighted by atomic mass is 16.6. The summed E-state index contributed by atoms with van der Waals surface area (Å²) in [4.78, 5) is 24.5. The van der Waals surface area contributed by atoms with Crippen LogP contribution in [0.15, 0.2) is 41.6 Å². The fourth-order valence-corrected chi connectivity index (χ4v) is 2.52. The molecule has 0 amide bonds. The second-order valence-electron chi connectivity index (χ2n) is 7.64. The average Bonchev–Trinajstić information content (AvgIpc) is 2.65. The van der Waals surface area contributed by atoms with Crippen molar-refractivity contribution in [2.45, 2.75) is 51.7 Å². The van der Waals surface area contributed by atoms with E-state index in [-0.39, 0.29) is 12.1 Å². The molecule has 1 aliphatic carbocycles. The lowest BCUT2D eigenvalue weighted by Crippen LogP contribution is -2.42. The zero-order valence-corrected chi connectivity index (χ0v) is 17.1. The van der Waals surface area contributed by atoms with Gasteiger partial charge in [0, 0.05) is 29.8 Å². The van der Waals surface area contributed by atoms with Crippen LogP contribution in [-0.4, -0.2) is 57.8 Å². The zero-order chi connectivity index (χ0) is 21.9. The number of oxime groups is 1. The maximum Gasteiger partial charge on any atom is 0.328 e. The molecule has 0 fully saturated rings. The van der Waals surface area contributed by atoms with E-state index in [2.05, 4.69) is 49.4 Å². The number of aliphatic carboxylic acids is 2. The Kier molecular flexibility index (Phi) is 10.1. The lowest BCUT2D eigenvalue weighted by molar-refractivity contribution is -0.134. The highest BCUT2D eigenvalue weighted by molar-refractivity contribution is 6.02. The van der Waals surface area contributed by atoms with E-state index in [1.165, 1.54) is 11.1 Å². The van der Waals surface area contributed by atoms with E-state index in [4.69, 9.17) is 15.1 Å². The highest BCUT2D eigenvalue weighted by Gasteiger charge is 2.16. The van der Waals surface area contributed by atoms with Crippen LogP contribution in [0, 0.1) is 0 Å². The molecule has 1 unspecified atom stereocenters. The molecule has 0 aliphatic heterocycles. The number of aliphatic hydroxyl groups excluding tert-OH is 1. The van der Waals surface area contributed by atoms with Crippen LogP contribution in [0.3, 0.4) is 0 Å². The third kappa shape index (κ3) is 11.0. The molecule has 0 bridgehead atoms. The van der Waals surface area contributed by atoms with Crippen LogP contribution in [0.1, 0.15) is 44.7 Å². The van der Waals surface area contributed by atoms with E-state index >= 15 is 0 Å². The van der Waals surface area contributed by atoms with Crippen LogP contribution >= 0.6 is 0 Å². The number of fused-ring (bicyclic) bond motifs is 1. The largest absolute Gasteiger partial charge is 0.478 e. The maximum atomic E-state index is 9.88. The molecule has 160 valence electrons. The number of rotatable bonds is 7. The Balaban J connectivity index is 0.000000447. The van der Waals surface area contributed by atoms with Crippen LogP contribution in [0.4, 0.5) is 0 Å². The van der Waals surface area contributed by atoms with Crippen molar-refractivity contribution in [1.29, 1.82) is 0 Å². The van der Waals surface area contributed by atoms with Crippen molar-refractivity contribution in [3.8, 4) is 0 Å². The predicted molar refractivity (Wildman–Crippen MR) is 110 cm³/mol. The Morgan fingerprint density at radius 1 is 1.17 bits per heavy atom. The van der Waals surface area contributed by atoms with Gasteiger partial charge in [0.2, 0.25) is 0 Å². The molecule has 8 heteroatoms. The van der Waals surface area contributed by atoms with Gasteiger partial charge in [-0.3, -0.25) is 0 Å². The molecule has 0 heterocycles. The monoisotopic (exact) mass is 406 g/mol. The van der Waals surface area contributed by atoms with Crippen LogP contribution in [0.25, 0.3) is 0 Å². The van der Waals surface area contributed by atoms with Gasteiger partial charge < -0.3 is 25.5 Å². The molecule has 2 rings (SSSR count). The van der Waals surface area contributed by atoms with Gasteiger partial charge in [-0.1, -0.05) is 29.4 Å². The van der Waals surface area contributed by atoms with E-state index < -0.39 is 18.0 Å². The van der Waals surface area contributed by atoms with Gasteiger partial charge in [0.15, 0.2) is 0 Å². The van der Waals surface area contributed by atoms with E-state index in [0.29, 0.717) is 18.7 Å². The number of β-amino-alcohol motifs (C(OH)–C–C–N with tert-alkyl or cyclic N) is 1. The van der Waals surface area contributed by atoms with Crippen LogP contribution in [0.5, 0.6) is 0 Å². The van der Waals surface area contributed by atoms with Gasteiger partial charge in [-0.05, 0) is 45.6 Å². The number of carbonyl (C=O) groups is 2. The first-order valence-corrected chi connectivity index (χ1v) is 9.42. The Bertz CT molecular complexity index is 721. The smallest absolute Gasteiger partial charge is 0.328 e. The molecular formula is C21H30N2O6. The Labute approximate surface area is 170 Å². The van der Waals surface area contributed by atoms with Gasteiger partial charge in [0.25, 0.3) is 0 Å². The summed E-state index contributed by atoms with van der Waals surface area (Å²) in [6.07, 6.45) is 3.71. The molecular weight excluding hydrogens is 376 g/mol. The van der Waals surface area contributed by atoms with Crippen molar-refractivity contribution in [1.82, 2.24) is 5.32 Å². The Hall–Kier alpha value is -2.71. The van der Waals surface area contributed by atoms with Gasteiger partial charge in [0.1, 0.15) is 12.7 Å². The first-order valence-electron chi connectivity index (χ1n) is 9.42. The fourth-order valence-electron chi connectivity index (χ4n) is 2.52. The first kappa shape index (κ1) is 24.3. The topological polar surface area (TPSA) is 128 Å². The van der Waals surface area contributed by atoms with Crippen LogP contribution < -0.4 is 5.32 Å². The van der Waals surface area contributed by atoms with E-state index in [1.807, 2.05) is 6.07 Å². The third-order valence-corrected chi connectivity index (χ3v) is 3.87. The molecule has 4 N–H and O–H groups in total. The van der Waals surface area contributed by atoms with Crippen molar-refractivity contribution >= 4 is 17.7 Å². The molecule has 0 aromatic heterocycles. The Morgan fingerprint density at radius 3 is 2.38 bits per heavy atom. The minimum absolute atomic E-state index is 0.00478. The van der Waals surface area contributed by atoms with Crippen LogP contribution in [-0.2, 0) is 20.8 Å². The van der Waals surface area contributed by atoms with Crippen molar-refractivity contribution < 1.29 is 29.7 Å². The molecule has 0 spiro atoms. The summed E-state index contributed by atoms with van der Waals surface area (Å²) in [6.45, 7) is 6.93.